The van der Waals surface area contributed by atoms with Gasteiger partial charge in [0.15, 0.2) is 22.8 Å². The fourth-order valence-electron chi connectivity index (χ4n) is 10.5. The van der Waals surface area contributed by atoms with Crippen molar-refractivity contribution in [2.75, 3.05) is 0 Å². The highest BCUT2D eigenvalue weighted by Crippen LogP contribution is 2.45. The van der Waals surface area contributed by atoms with Gasteiger partial charge in [0, 0.05) is 49.0 Å². The van der Waals surface area contributed by atoms with E-state index >= 15 is 0 Å². The smallest absolute Gasteiger partial charge is 0.238 e. The number of benzene rings is 10. The van der Waals surface area contributed by atoms with Crippen LogP contribution >= 0.6 is 0 Å². The molecule has 14 aromatic rings. The lowest BCUT2D eigenvalue weighted by atomic mass is 9.99. The normalized spacial score (nSPS) is 11.8. The second-order valence-corrected chi connectivity index (χ2v) is 17.5. The molecule has 0 amide bonds. The lowest BCUT2D eigenvalue weighted by Crippen LogP contribution is -2.07. The Labute approximate surface area is 396 Å². The van der Waals surface area contributed by atoms with Crippen molar-refractivity contribution in [1.29, 1.82) is 0 Å². The molecule has 0 saturated carbocycles. The monoisotopic (exact) mass is 881 g/mol. The van der Waals surface area contributed by atoms with Gasteiger partial charge in [-0.25, -0.2) is 4.98 Å². The molecule has 0 aliphatic carbocycles. The maximum atomic E-state index is 7.47. The number of hydrogen-bond acceptors (Lipinski definition) is 4. The second-order valence-electron chi connectivity index (χ2n) is 17.5. The summed E-state index contributed by atoms with van der Waals surface area (Å²) in [7, 11) is 0. The third-order valence-corrected chi connectivity index (χ3v) is 13.6. The molecule has 0 atom stereocenters. The molecule has 0 N–H and O–H groups in total. The molecule has 0 fully saturated rings. The van der Waals surface area contributed by atoms with Crippen LogP contribution in [0.1, 0.15) is 0 Å². The van der Waals surface area contributed by atoms with Crippen LogP contribution in [0.3, 0.4) is 0 Å². The predicted molar refractivity (Wildman–Crippen MR) is 283 cm³/mol. The fraction of sp³-hybridized carbons (Fsp3) is 0. The van der Waals surface area contributed by atoms with Gasteiger partial charge in [-0.05, 0) is 64.2 Å². The van der Waals surface area contributed by atoms with Gasteiger partial charge >= 0.3 is 0 Å². The third kappa shape index (κ3) is 6.16. The molecule has 4 heterocycles. The molecule has 0 unspecified atom stereocenters. The van der Waals surface area contributed by atoms with Gasteiger partial charge in [0.2, 0.25) is 5.95 Å². The summed E-state index contributed by atoms with van der Waals surface area (Å²) in [6, 6.07) is 83.1. The van der Waals surface area contributed by atoms with Crippen LogP contribution in [0.4, 0.5) is 0 Å². The lowest BCUT2D eigenvalue weighted by molar-refractivity contribution is 0.673. The molecule has 14 rings (SSSR count). The van der Waals surface area contributed by atoms with E-state index in [2.05, 4.69) is 234 Å². The van der Waals surface area contributed by atoms with Gasteiger partial charge in [0.05, 0.1) is 22.2 Å². The molecular formula is C63H39N5O. The van der Waals surface area contributed by atoms with Gasteiger partial charge in [-0.3, -0.25) is 4.57 Å². The Hall–Kier alpha value is -9.39. The molecule has 69 heavy (non-hydrogen) atoms. The second kappa shape index (κ2) is 15.6. The maximum absolute atomic E-state index is 7.47. The third-order valence-electron chi connectivity index (χ3n) is 13.6. The van der Waals surface area contributed by atoms with Crippen molar-refractivity contribution < 1.29 is 4.42 Å². The Kier molecular flexibility index (Phi) is 8.79. The Balaban J connectivity index is 1.08. The summed E-state index contributed by atoms with van der Waals surface area (Å²) in [5.41, 5.74) is 15.1. The minimum atomic E-state index is 0.498. The first-order chi connectivity index (χ1) is 34.2. The fourth-order valence-corrected chi connectivity index (χ4v) is 10.5. The number of aromatic nitrogens is 5. The Morgan fingerprint density at radius 1 is 0.290 bits per heavy atom. The summed E-state index contributed by atoms with van der Waals surface area (Å²) in [4.78, 5) is 16.2. The summed E-state index contributed by atoms with van der Waals surface area (Å²) in [5, 5.41) is 6.45. The summed E-state index contributed by atoms with van der Waals surface area (Å²) in [6.45, 7) is 0. The van der Waals surface area contributed by atoms with Crippen LogP contribution in [0.15, 0.2) is 241 Å². The summed E-state index contributed by atoms with van der Waals surface area (Å²) >= 11 is 0. The molecule has 10 aromatic carbocycles. The molecule has 0 aliphatic rings. The minimum absolute atomic E-state index is 0.498. The van der Waals surface area contributed by atoms with Crippen molar-refractivity contribution in [2.45, 2.75) is 0 Å². The van der Waals surface area contributed by atoms with Crippen molar-refractivity contribution in [2.24, 2.45) is 0 Å². The number of para-hydroxylation sites is 3. The largest absolute Gasteiger partial charge is 0.452 e. The molecular weight excluding hydrogens is 843 g/mol. The highest BCUT2D eigenvalue weighted by atomic mass is 16.3. The number of fused-ring (bicyclic) bond motifs is 11. The zero-order valence-corrected chi connectivity index (χ0v) is 37.2. The number of nitrogens with zero attached hydrogens (tertiary/aromatic N) is 5. The van der Waals surface area contributed by atoms with E-state index in [9.17, 15) is 0 Å². The highest BCUT2D eigenvalue weighted by molar-refractivity contribution is 6.26. The first kappa shape index (κ1) is 38.8. The standard InChI is InChI=1S/C63H39N5O/c1-4-19-40(20-5-1)43-25-18-26-44(39-43)61-64-62(53-31-11-10-27-45(53)41-21-6-2-7-22-41)66-63(65-61)68-56-34-17-14-30-48(56)50-36-38-52-51-37-35-49-47-29-13-16-33-55(47)67(57(49)59(51)69-60(52)58(50)68)54-32-15-12-28-46(54)42-23-8-3-9-24-42/h1-39H. The van der Waals surface area contributed by atoms with E-state index in [4.69, 9.17) is 19.4 Å². The molecule has 6 nitrogen and oxygen atoms in total. The van der Waals surface area contributed by atoms with E-state index in [1.165, 1.54) is 0 Å². The van der Waals surface area contributed by atoms with Gasteiger partial charge in [-0.2, -0.15) is 9.97 Å². The molecule has 0 spiro atoms. The quantitative estimate of drug-likeness (QED) is 0.160. The van der Waals surface area contributed by atoms with E-state index < -0.39 is 0 Å². The Morgan fingerprint density at radius 2 is 0.754 bits per heavy atom. The number of furan rings is 1. The van der Waals surface area contributed by atoms with Gasteiger partial charge in [-0.1, -0.05) is 200 Å². The van der Waals surface area contributed by atoms with Crippen LogP contribution in [0.25, 0.3) is 133 Å². The van der Waals surface area contributed by atoms with E-state index in [-0.39, 0.29) is 0 Å². The maximum Gasteiger partial charge on any atom is 0.238 e. The van der Waals surface area contributed by atoms with Crippen LogP contribution in [0.2, 0.25) is 0 Å². The zero-order valence-electron chi connectivity index (χ0n) is 37.2. The van der Waals surface area contributed by atoms with Crippen LogP contribution in [-0.2, 0) is 0 Å². The predicted octanol–water partition coefficient (Wildman–Crippen LogP) is 16.3. The molecule has 0 bridgehead atoms. The molecule has 0 radical (unpaired) electrons. The van der Waals surface area contributed by atoms with E-state index in [1.54, 1.807) is 0 Å². The molecule has 0 aliphatic heterocycles. The van der Waals surface area contributed by atoms with Crippen molar-refractivity contribution in [1.82, 2.24) is 24.1 Å². The summed E-state index contributed by atoms with van der Waals surface area (Å²) < 4.78 is 12.0. The average molecular weight is 882 g/mol. The van der Waals surface area contributed by atoms with Crippen molar-refractivity contribution in [3.8, 4) is 67.8 Å². The van der Waals surface area contributed by atoms with Gasteiger partial charge in [0.25, 0.3) is 0 Å². The number of rotatable bonds is 7. The van der Waals surface area contributed by atoms with E-state index in [0.29, 0.717) is 17.6 Å². The highest BCUT2D eigenvalue weighted by Gasteiger charge is 2.26. The molecule has 0 saturated heterocycles. The van der Waals surface area contributed by atoms with Crippen LogP contribution < -0.4 is 0 Å². The first-order valence-electron chi connectivity index (χ1n) is 23.3. The SMILES string of the molecule is c1ccc(-c2cccc(-c3nc(-c4ccccc4-c4ccccc4)nc(-n4c5ccccc5c5ccc6c7ccc8c9ccccc9n(-c9ccccc9-c9ccccc9)c8c7oc6c54)n3)c2)cc1. The van der Waals surface area contributed by atoms with Crippen LogP contribution in [-0.4, -0.2) is 24.1 Å². The van der Waals surface area contributed by atoms with Crippen molar-refractivity contribution in [3.63, 3.8) is 0 Å². The topological polar surface area (TPSA) is 61.7 Å². The van der Waals surface area contributed by atoms with Crippen LogP contribution in [0.5, 0.6) is 0 Å². The molecule has 4 aromatic heterocycles. The van der Waals surface area contributed by atoms with Crippen molar-refractivity contribution >= 4 is 65.6 Å². The van der Waals surface area contributed by atoms with Gasteiger partial charge in [0.1, 0.15) is 5.52 Å². The van der Waals surface area contributed by atoms with E-state index in [1.807, 2.05) is 12.1 Å². The van der Waals surface area contributed by atoms with Gasteiger partial charge < -0.3 is 8.98 Å². The van der Waals surface area contributed by atoms with Gasteiger partial charge in [-0.15, -0.1) is 0 Å². The molecule has 322 valence electrons. The Morgan fingerprint density at radius 3 is 1.42 bits per heavy atom. The minimum Gasteiger partial charge on any atom is -0.452 e. The van der Waals surface area contributed by atoms with E-state index in [0.717, 1.165) is 116 Å². The average Bonchev–Trinajstić information content (AvgIpc) is 4.10. The summed E-state index contributed by atoms with van der Waals surface area (Å²) in [6.07, 6.45) is 0. The summed E-state index contributed by atoms with van der Waals surface area (Å²) in [5.74, 6) is 1.64. The van der Waals surface area contributed by atoms with Crippen LogP contribution in [0, 0.1) is 0 Å². The molecule has 6 heteroatoms. The number of hydrogen-bond donors (Lipinski definition) is 0. The van der Waals surface area contributed by atoms with Crippen molar-refractivity contribution in [3.05, 3.63) is 237 Å². The Bertz CT molecular complexity index is 4300. The first-order valence-corrected chi connectivity index (χ1v) is 23.3. The zero-order chi connectivity index (χ0) is 45.4. The lowest BCUT2D eigenvalue weighted by Gasteiger charge is -2.14.